The van der Waals surface area contributed by atoms with Gasteiger partial charge in [-0.3, -0.25) is 13.9 Å². The third-order valence-electron chi connectivity index (χ3n) is 7.26. The van der Waals surface area contributed by atoms with Crippen LogP contribution in [0.4, 0.5) is 10.1 Å². The number of amides is 2. The molecule has 1 N–H and O–H groups in total. The smallest absolute Gasteiger partial charge is 0.264 e. The lowest BCUT2D eigenvalue weighted by Gasteiger charge is -2.34. The molecule has 212 valence electrons. The molecule has 1 saturated carbocycles. The van der Waals surface area contributed by atoms with Crippen molar-refractivity contribution in [3.63, 3.8) is 0 Å². The number of halogens is 1. The van der Waals surface area contributed by atoms with Gasteiger partial charge < -0.3 is 10.2 Å². The van der Waals surface area contributed by atoms with E-state index in [4.69, 9.17) is 0 Å². The van der Waals surface area contributed by atoms with E-state index in [1.807, 2.05) is 37.3 Å². The molecule has 0 spiro atoms. The van der Waals surface area contributed by atoms with Crippen LogP contribution in [0.2, 0.25) is 0 Å². The van der Waals surface area contributed by atoms with E-state index in [1.165, 1.54) is 29.2 Å². The molecular formula is C31H36FN3O4S. The van der Waals surface area contributed by atoms with Gasteiger partial charge in [-0.2, -0.15) is 0 Å². The van der Waals surface area contributed by atoms with Crippen molar-refractivity contribution in [2.75, 3.05) is 10.8 Å². The van der Waals surface area contributed by atoms with Gasteiger partial charge in [-0.05, 0) is 61.2 Å². The first kappa shape index (κ1) is 29.3. The first-order chi connectivity index (χ1) is 19.3. The second kappa shape index (κ2) is 13.6. The van der Waals surface area contributed by atoms with Crippen molar-refractivity contribution in [2.45, 2.75) is 69.0 Å². The van der Waals surface area contributed by atoms with Crippen LogP contribution in [0.1, 0.15) is 51.0 Å². The average Bonchev–Trinajstić information content (AvgIpc) is 2.97. The average molecular weight is 566 g/mol. The van der Waals surface area contributed by atoms with Crippen LogP contribution in [-0.4, -0.2) is 43.8 Å². The lowest BCUT2D eigenvalue weighted by atomic mass is 9.95. The highest BCUT2D eigenvalue weighted by molar-refractivity contribution is 7.92. The van der Waals surface area contributed by atoms with Crippen molar-refractivity contribution >= 4 is 27.5 Å². The maximum atomic E-state index is 14.0. The summed E-state index contributed by atoms with van der Waals surface area (Å²) in [5.74, 6) is -1.29. The molecule has 0 bridgehead atoms. The molecule has 7 nitrogen and oxygen atoms in total. The Morgan fingerprint density at radius 1 is 0.900 bits per heavy atom. The quantitative estimate of drug-likeness (QED) is 0.343. The van der Waals surface area contributed by atoms with Crippen molar-refractivity contribution in [1.82, 2.24) is 10.2 Å². The fourth-order valence-corrected chi connectivity index (χ4v) is 6.53. The molecule has 0 aromatic heterocycles. The minimum absolute atomic E-state index is 0.00353. The first-order valence-corrected chi connectivity index (χ1v) is 15.2. The summed E-state index contributed by atoms with van der Waals surface area (Å²) in [7, 11) is -4.18. The molecule has 40 heavy (non-hydrogen) atoms. The molecular weight excluding hydrogens is 529 g/mol. The lowest BCUT2D eigenvalue weighted by molar-refractivity contribution is -0.140. The number of sulfonamides is 1. The first-order valence-electron chi connectivity index (χ1n) is 13.8. The van der Waals surface area contributed by atoms with E-state index in [2.05, 4.69) is 5.32 Å². The van der Waals surface area contributed by atoms with Crippen LogP contribution in [0.5, 0.6) is 0 Å². The Bertz CT molecular complexity index is 1360. The molecule has 4 rings (SSSR count). The normalized spacial score (nSPS) is 14.8. The Labute approximate surface area is 236 Å². The third kappa shape index (κ3) is 7.27. The number of hydrogen-bond acceptors (Lipinski definition) is 4. The van der Waals surface area contributed by atoms with Crippen LogP contribution in [0.3, 0.4) is 0 Å². The van der Waals surface area contributed by atoms with E-state index in [1.54, 1.807) is 18.2 Å². The fraction of sp³-hybridized carbons (Fsp3) is 0.355. The number of carbonyl (C=O) groups excluding carboxylic acids is 2. The number of carbonyl (C=O) groups is 2. The van der Waals surface area contributed by atoms with Gasteiger partial charge in [0.15, 0.2) is 0 Å². The zero-order valence-corrected chi connectivity index (χ0v) is 23.5. The Kier molecular flexibility index (Phi) is 9.93. The highest BCUT2D eigenvalue weighted by Gasteiger charge is 2.34. The number of rotatable bonds is 11. The molecule has 0 aliphatic heterocycles. The summed E-state index contributed by atoms with van der Waals surface area (Å²) < 4.78 is 42.2. The van der Waals surface area contributed by atoms with Crippen molar-refractivity contribution < 1.29 is 22.4 Å². The molecule has 1 aliphatic carbocycles. The number of nitrogens with zero attached hydrogens (tertiary/aromatic N) is 2. The largest absolute Gasteiger partial charge is 0.352 e. The summed E-state index contributed by atoms with van der Waals surface area (Å²) in [6, 6.07) is 21.3. The van der Waals surface area contributed by atoms with E-state index >= 15 is 0 Å². The van der Waals surface area contributed by atoms with Crippen molar-refractivity contribution in [1.29, 1.82) is 0 Å². The zero-order chi connectivity index (χ0) is 28.5. The Morgan fingerprint density at radius 2 is 1.50 bits per heavy atom. The maximum absolute atomic E-state index is 14.0. The van der Waals surface area contributed by atoms with Crippen LogP contribution >= 0.6 is 0 Å². The van der Waals surface area contributed by atoms with Gasteiger partial charge in [-0.1, -0.05) is 74.7 Å². The van der Waals surface area contributed by atoms with Crippen LogP contribution in [0.25, 0.3) is 0 Å². The second-order valence-electron chi connectivity index (χ2n) is 10.1. The molecule has 0 radical (unpaired) electrons. The number of anilines is 1. The predicted octanol–water partition coefficient (Wildman–Crippen LogP) is 5.28. The van der Waals surface area contributed by atoms with Gasteiger partial charge in [0, 0.05) is 12.6 Å². The number of hydrogen-bond donors (Lipinski definition) is 1. The lowest BCUT2D eigenvalue weighted by Crippen LogP contribution is -2.54. The second-order valence-corrected chi connectivity index (χ2v) is 11.9. The third-order valence-corrected chi connectivity index (χ3v) is 9.05. The minimum atomic E-state index is -4.18. The SMILES string of the molecule is CCC(C(=O)NC1CCCCC1)N(Cc1ccccc1)C(=O)CN(c1ccc(F)cc1)S(=O)(=O)c1ccccc1. The molecule has 1 atom stereocenters. The van der Waals surface area contributed by atoms with Crippen molar-refractivity contribution in [3.05, 3.63) is 96.3 Å². The van der Waals surface area contributed by atoms with E-state index in [0.717, 1.165) is 54.1 Å². The van der Waals surface area contributed by atoms with Gasteiger partial charge >= 0.3 is 0 Å². The summed E-state index contributed by atoms with van der Waals surface area (Å²) in [6.07, 6.45) is 5.43. The van der Waals surface area contributed by atoms with Gasteiger partial charge in [0.25, 0.3) is 10.0 Å². The highest BCUT2D eigenvalue weighted by Crippen LogP contribution is 2.25. The fourth-order valence-electron chi connectivity index (χ4n) is 5.10. The molecule has 1 unspecified atom stereocenters. The minimum Gasteiger partial charge on any atom is -0.352 e. The molecule has 0 saturated heterocycles. The van der Waals surface area contributed by atoms with E-state index < -0.39 is 34.3 Å². The molecule has 0 heterocycles. The van der Waals surface area contributed by atoms with Crippen molar-refractivity contribution in [2.24, 2.45) is 0 Å². The van der Waals surface area contributed by atoms with Gasteiger partial charge in [-0.25, -0.2) is 12.8 Å². The van der Waals surface area contributed by atoms with Crippen LogP contribution < -0.4 is 9.62 Å². The van der Waals surface area contributed by atoms with Crippen LogP contribution in [0.15, 0.2) is 89.8 Å². The monoisotopic (exact) mass is 565 g/mol. The molecule has 3 aromatic rings. The summed E-state index contributed by atoms with van der Waals surface area (Å²) in [6.45, 7) is 1.43. The summed E-state index contributed by atoms with van der Waals surface area (Å²) in [5, 5.41) is 3.13. The van der Waals surface area contributed by atoms with E-state index in [0.29, 0.717) is 6.42 Å². The Morgan fingerprint density at radius 3 is 2.10 bits per heavy atom. The van der Waals surface area contributed by atoms with Gasteiger partial charge in [-0.15, -0.1) is 0 Å². The van der Waals surface area contributed by atoms with Crippen LogP contribution in [-0.2, 0) is 26.2 Å². The number of nitrogens with one attached hydrogen (secondary N) is 1. The Balaban J connectivity index is 1.67. The number of benzene rings is 3. The summed E-state index contributed by atoms with van der Waals surface area (Å²) in [4.78, 5) is 29.0. The molecule has 2 amide bonds. The summed E-state index contributed by atoms with van der Waals surface area (Å²) >= 11 is 0. The highest BCUT2D eigenvalue weighted by atomic mass is 32.2. The van der Waals surface area contributed by atoms with Gasteiger partial charge in [0.1, 0.15) is 18.4 Å². The molecule has 1 fully saturated rings. The van der Waals surface area contributed by atoms with Gasteiger partial charge in [0.2, 0.25) is 11.8 Å². The molecule has 3 aromatic carbocycles. The Hall–Kier alpha value is -3.72. The topological polar surface area (TPSA) is 86.8 Å². The molecule has 9 heteroatoms. The zero-order valence-electron chi connectivity index (χ0n) is 22.7. The summed E-state index contributed by atoms with van der Waals surface area (Å²) in [5.41, 5.74) is 0.969. The van der Waals surface area contributed by atoms with Crippen LogP contribution in [0, 0.1) is 5.82 Å². The predicted molar refractivity (Wildman–Crippen MR) is 153 cm³/mol. The van der Waals surface area contributed by atoms with Crippen molar-refractivity contribution in [3.8, 4) is 0 Å². The van der Waals surface area contributed by atoms with E-state index in [-0.39, 0.29) is 29.1 Å². The standard InChI is InChI=1S/C31H36FN3O4S/c1-2-29(31(37)33-26-14-8-4-9-15-26)34(22-24-12-6-3-7-13-24)30(36)23-35(27-20-18-25(32)19-21-27)40(38,39)28-16-10-5-11-17-28/h3,5-7,10-13,16-21,26,29H,2,4,8-9,14-15,22-23H2,1H3,(H,33,37). The van der Waals surface area contributed by atoms with E-state index in [9.17, 15) is 22.4 Å². The maximum Gasteiger partial charge on any atom is 0.264 e. The molecule has 1 aliphatic rings. The van der Waals surface area contributed by atoms with Gasteiger partial charge in [0.05, 0.1) is 10.6 Å².